The summed E-state index contributed by atoms with van der Waals surface area (Å²) in [5.74, 6) is -0.288. The first kappa shape index (κ1) is 10.3. The van der Waals surface area contributed by atoms with Gasteiger partial charge >= 0.3 is 0 Å². The first-order valence-corrected chi connectivity index (χ1v) is 5.23. The number of phenols is 2. The molecule has 0 saturated carbocycles. The average Bonchev–Trinajstić information content (AvgIpc) is 2.08. The van der Waals surface area contributed by atoms with Crippen LogP contribution in [0.5, 0.6) is 11.5 Å². The smallest absolute Gasteiger partial charge is 0.172 e. The maximum atomic E-state index is 9.33. The summed E-state index contributed by atoms with van der Waals surface area (Å²) in [5, 5.41) is 27.4. The third-order valence-electron chi connectivity index (χ3n) is 1.41. The van der Waals surface area contributed by atoms with Crippen molar-refractivity contribution in [3.8, 4) is 11.5 Å². The Kier molecular flexibility index (Phi) is 3.41. The Morgan fingerprint density at radius 3 is 2.25 bits per heavy atom. The lowest BCUT2D eigenvalue weighted by molar-refractivity contribution is 0.279. The zero-order valence-corrected chi connectivity index (χ0v) is 10.2. The second-order valence-corrected chi connectivity index (χ2v) is 4.43. The van der Waals surface area contributed by atoms with Crippen LogP contribution in [0.1, 0.15) is 5.56 Å². The Balaban J connectivity index is 3.39. The largest absolute Gasteiger partial charge is 0.504 e. The first-order chi connectivity index (χ1) is 5.57. The second-order valence-electron chi connectivity index (χ2n) is 2.19. The van der Waals surface area contributed by atoms with E-state index in [-0.39, 0.29) is 18.1 Å². The highest BCUT2D eigenvalue weighted by molar-refractivity contribution is 14.1. The van der Waals surface area contributed by atoms with E-state index in [4.69, 9.17) is 5.11 Å². The summed E-state index contributed by atoms with van der Waals surface area (Å²) in [4.78, 5) is 0. The normalized spacial score (nSPS) is 10.2. The van der Waals surface area contributed by atoms with Crippen molar-refractivity contribution < 1.29 is 15.3 Å². The van der Waals surface area contributed by atoms with Gasteiger partial charge in [0.25, 0.3) is 0 Å². The zero-order chi connectivity index (χ0) is 9.30. The molecule has 1 aromatic carbocycles. The van der Waals surface area contributed by atoms with E-state index in [0.717, 1.165) is 0 Å². The fourth-order valence-electron chi connectivity index (χ4n) is 0.769. The third kappa shape index (κ3) is 1.77. The summed E-state index contributed by atoms with van der Waals surface area (Å²) in [6, 6.07) is 1.64. The molecule has 0 unspecified atom stereocenters. The molecule has 0 aliphatic rings. The van der Waals surface area contributed by atoms with Crippen molar-refractivity contribution in [3.63, 3.8) is 0 Å². The number of benzene rings is 1. The van der Waals surface area contributed by atoms with E-state index < -0.39 is 0 Å². The third-order valence-corrected chi connectivity index (χ3v) is 3.44. The SMILES string of the molecule is OCc1cc(I)c(O)c(O)c1I. The molecular formula is C7H6I2O3. The molecular weight excluding hydrogens is 386 g/mol. The minimum atomic E-state index is -0.161. The number of halogens is 2. The fourth-order valence-corrected chi connectivity index (χ4v) is 1.98. The lowest BCUT2D eigenvalue weighted by atomic mass is 10.2. The molecule has 0 amide bonds. The van der Waals surface area contributed by atoms with Crippen LogP contribution in [0.25, 0.3) is 0 Å². The molecule has 1 aromatic rings. The highest BCUT2D eigenvalue weighted by Gasteiger charge is 2.12. The van der Waals surface area contributed by atoms with Crippen molar-refractivity contribution >= 4 is 45.2 Å². The number of hydrogen-bond acceptors (Lipinski definition) is 3. The minimum Gasteiger partial charge on any atom is -0.504 e. The Bertz CT molecular complexity index is 312. The molecule has 0 fully saturated rings. The Hall–Kier alpha value is 0.240. The molecule has 0 aromatic heterocycles. The fraction of sp³-hybridized carbons (Fsp3) is 0.143. The Labute approximate surface area is 96.7 Å². The molecule has 3 N–H and O–H groups in total. The summed E-state index contributed by atoms with van der Waals surface area (Å²) in [5.41, 5.74) is 0.621. The van der Waals surface area contributed by atoms with Crippen molar-refractivity contribution in [2.75, 3.05) is 0 Å². The molecule has 0 atom stereocenters. The van der Waals surface area contributed by atoms with Crippen LogP contribution in [0.15, 0.2) is 6.07 Å². The van der Waals surface area contributed by atoms with Crippen molar-refractivity contribution in [3.05, 3.63) is 18.8 Å². The standard InChI is InChI=1S/C7H6I2O3/c8-4-1-3(2-10)5(9)7(12)6(4)11/h1,10-12H,2H2. The van der Waals surface area contributed by atoms with Crippen LogP contribution in [0, 0.1) is 7.14 Å². The average molecular weight is 392 g/mol. The van der Waals surface area contributed by atoms with Gasteiger partial charge in [-0.1, -0.05) is 0 Å². The van der Waals surface area contributed by atoms with Gasteiger partial charge in [0.2, 0.25) is 0 Å². The number of aliphatic hydroxyl groups excluding tert-OH is 1. The number of phenolic OH excluding ortho intramolecular Hbond substituents is 2. The Morgan fingerprint density at radius 2 is 1.75 bits per heavy atom. The summed E-state index contributed by atoms with van der Waals surface area (Å²) in [6.07, 6.45) is 0. The van der Waals surface area contributed by atoms with E-state index in [9.17, 15) is 10.2 Å². The maximum Gasteiger partial charge on any atom is 0.172 e. The van der Waals surface area contributed by atoms with E-state index in [2.05, 4.69) is 0 Å². The van der Waals surface area contributed by atoms with Gasteiger partial charge in [-0.15, -0.1) is 0 Å². The molecule has 5 heteroatoms. The molecule has 12 heavy (non-hydrogen) atoms. The first-order valence-electron chi connectivity index (χ1n) is 3.07. The van der Waals surface area contributed by atoms with Gasteiger partial charge in [-0.3, -0.25) is 0 Å². The molecule has 0 aliphatic heterocycles. The molecule has 0 bridgehead atoms. The predicted molar refractivity (Wildman–Crippen MR) is 61.1 cm³/mol. The Morgan fingerprint density at radius 1 is 1.17 bits per heavy atom. The zero-order valence-electron chi connectivity index (χ0n) is 5.88. The van der Waals surface area contributed by atoms with E-state index in [0.29, 0.717) is 12.7 Å². The molecule has 0 radical (unpaired) electrons. The van der Waals surface area contributed by atoms with Crippen LogP contribution in [-0.2, 0) is 6.61 Å². The lowest BCUT2D eigenvalue weighted by Gasteiger charge is -2.06. The number of aromatic hydroxyl groups is 2. The van der Waals surface area contributed by atoms with Crippen LogP contribution in [0.4, 0.5) is 0 Å². The van der Waals surface area contributed by atoms with Crippen molar-refractivity contribution in [2.24, 2.45) is 0 Å². The van der Waals surface area contributed by atoms with E-state index in [1.54, 1.807) is 6.07 Å². The number of rotatable bonds is 1. The molecule has 0 saturated heterocycles. The molecule has 0 heterocycles. The summed E-state index contributed by atoms with van der Waals surface area (Å²) in [6.45, 7) is -0.137. The van der Waals surface area contributed by atoms with Crippen LogP contribution < -0.4 is 0 Å². The van der Waals surface area contributed by atoms with Gasteiger partial charge in [-0.2, -0.15) is 0 Å². The highest BCUT2D eigenvalue weighted by atomic mass is 127. The highest BCUT2D eigenvalue weighted by Crippen LogP contribution is 2.36. The van der Waals surface area contributed by atoms with Crippen molar-refractivity contribution in [2.45, 2.75) is 6.61 Å². The second kappa shape index (κ2) is 3.97. The van der Waals surface area contributed by atoms with Gasteiger partial charge in [0, 0.05) is 0 Å². The van der Waals surface area contributed by atoms with E-state index in [1.807, 2.05) is 45.2 Å². The monoisotopic (exact) mass is 392 g/mol. The number of hydrogen-bond donors (Lipinski definition) is 3. The van der Waals surface area contributed by atoms with Crippen LogP contribution in [0.3, 0.4) is 0 Å². The summed E-state index contributed by atoms with van der Waals surface area (Å²) in [7, 11) is 0. The van der Waals surface area contributed by atoms with Gasteiger partial charge < -0.3 is 15.3 Å². The van der Waals surface area contributed by atoms with Gasteiger partial charge in [0.15, 0.2) is 11.5 Å². The molecule has 66 valence electrons. The van der Waals surface area contributed by atoms with Crippen LogP contribution in [-0.4, -0.2) is 15.3 Å². The quantitative estimate of drug-likeness (QED) is 0.505. The van der Waals surface area contributed by atoms with Crippen molar-refractivity contribution in [1.29, 1.82) is 0 Å². The lowest BCUT2D eigenvalue weighted by Crippen LogP contribution is -1.91. The van der Waals surface area contributed by atoms with Crippen LogP contribution >= 0.6 is 45.2 Å². The van der Waals surface area contributed by atoms with E-state index >= 15 is 0 Å². The number of aliphatic hydroxyl groups is 1. The van der Waals surface area contributed by atoms with Gasteiger partial charge in [-0.25, -0.2) is 0 Å². The minimum absolute atomic E-state index is 0.128. The van der Waals surface area contributed by atoms with Gasteiger partial charge in [0.1, 0.15) is 0 Å². The molecule has 1 rings (SSSR count). The summed E-state index contributed by atoms with van der Waals surface area (Å²) >= 11 is 3.77. The van der Waals surface area contributed by atoms with E-state index in [1.165, 1.54) is 0 Å². The van der Waals surface area contributed by atoms with Gasteiger partial charge in [0.05, 0.1) is 13.7 Å². The molecule has 0 spiro atoms. The summed E-state index contributed by atoms with van der Waals surface area (Å²) < 4.78 is 1.03. The van der Waals surface area contributed by atoms with Crippen molar-refractivity contribution in [1.82, 2.24) is 0 Å². The maximum absolute atomic E-state index is 9.33. The topological polar surface area (TPSA) is 60.7 Å². The molecule has 3 nitrogen and oxygen atoms in total. The van der Waals surface area contributed by atoms with Crippen LogP contribution in [0.2, 0.25) is 0 Å². The predicted octanol–water partition coefficient (Wildman–Crippen LogP) is 1.80. The molecule has 0 aliphatic carbocycles. The van der Waals surface area contributed by atoms with Gasteiger partial charge in [-0.05, 0) is 56.8 Å².